The van der Waals surface area contributed by atoms with Crippen molar-refractivity contribution in [3.8, 4) is 0 Å². The van der Waals surface area contributed by atoms with Gasteiger partial charge in [0.2, 0.25) is 5.91 Å². The molecular weight excluding hydrogens is 260 g/mol. The highest BCUT2D eigenvalue weighted by atomic mass is 16.4. The maximum Gasteiger partial charge on any atom is 0.312 e. The lowest BCUT2D eigenvalue weighted by Gasteiger charge is -2.13. The van der Waals surface area contributed by atoms with Gasteiger partial charge in [0.1, 0.15) is 6.54 Å². The lowest BCUT2D eigenvalue weighted by atomic mass is 9.99. The minimum Gasteiger partial charge on any atom is -0.481 e. The van der Waals surface area contributed by atoms with E-state index in [1.165, 1.54) is 10.9 Å². The minimum atomic E-state index is -0.975. The highest BCUT2D eigenvalue weighted by molar-refractivity contribution is 5.79. The summed E-state index contributed by atoms with van der Waals surface area (Å²) in [6.07, 6.45) is 3.03. The Balaban J connectivity index is 1.93. The van der Waals surface area contributed by atoms with E-state index in [1.807, 2.05) is 6.07 Å². The first-order valence-electron chi connectivity index (χ1n) is 6.05. The van der Waals surface area contributed by atoms with Crippen molar-refractivity contribution in [2.75, 3.05) is 6.54 Å². The monoisotopic (exact) mass is 274 g/mol. The highest BCUT2D eigenvalue weighted by Gasteiger charge is 2.20. The third kappa shape index (κ3) is 3.64. The van der Waals surface area contributed by atoms with Crippen LogP contribution < -0.4 is 5.32 Å². The molecule has 0 bridgehead atoms. The van der Waals surface area contributed by atoms with Gasteiger partial charge in [-0.2, -0.15) is 0 Å². The second-order valence-corrected chi connectivity index (χ2v) is 4.21. The number of carbonyl (C=O) groups excluding carboxylic acids is 1. The topological polar surface area (TPSA) is 97.1 Å². The van der Waals surface area contributed by atoms with Gasteiger partial charge in [0.15, 0.2) is 0 Å². The molecule has 1 atom stereocenters. The molecule has 0 spiro atoms. The number of nitrogens with zero attached hydrogens (tertiary/aromatic N) is 3. The first kappa shape index (κ1) is 13.7. The third-order valence-electron chi connectivity index (χ3n) is 2.78. The van der Waals surface area contributed by atoms with Gasteiger partial charge >= 0.3 is 5.97 Å². The molecule has 2 aromatic rings. The zero-order chi connectivity index (χ0) is 14.4. The molecule has 0 aliphatic heterocycles. The Kier molecular flexibility index (Phi) is 4.43. The summed E-state index contributed by atoms with van der Waals surface area (Å²) in [6.45, 7) is 0.0496. The second-order valence-electron chi connectivity index (χ2n) is 4.21. The second kappa shape index (κ2) is 6.46. The molecule has 0 fully saturated rings. The molecular formula is C13H14N4O3. The van der Waals surface area contributed by atoms with Gasteiger partial charge in [-0.05, 0) is 5.56 Å². The van der Waals surface area contributed by atoms with E-state index < -0.39 is 11.9 Å². The maximum absolute atomic E-state index is 11.7. The zero-order valence-corrected chi connectivity index (χ0v) is 10.6. The van der Waals surface area contributed by atoms with Crippen LogP contribution in [0, 0.1) is 0 Å². The number of hydrogen-bond acceptors (Lipinski definition) is 4. The Hall–Kier alpha value is -2.70. The predicted octanol–water partition coefficient (Wildman–Crippen LogP) is 0.263. The molecule has 1 amide bonds. The Bertz CT molecular complexity index is 569. The molecule has 1 aromatic carbocycles. The van der Waals surface area contributed by atoms with Crippen molar-refractivity contribution in [3.05, 3.63) is 48.3 Å². The summed E-state index contributed by atoms with van der Waals surface area (Å²) in [7, 11) is 0. The summed E-state index contributed by atoms with van der Waals surface area (Å²) >= 11 is 0. The number of aromatic nitrogens is 3. The SMILES string of the molecule is O=C(Cn1ccnn1)NCC(C(=O)O)c1ccccc1. The Labute approximate surface area is 115 Å². The van der Waals surface area contributed by atoms with Crippen molar-refractivity contribution in [2.45, 2.75) is 12.5 Å². The molecule has 104 valence electrons. The van der Waals surface area contributed by atoms with Crippen LogP contribution >= 0.6 is 0 Å². The largest absolute Gasteiger partial charge is 0.481 e. The summed E-state index contributed by atoms with van der Waals surface area (Å²) in [6, 6.07) is 8.79. The molecule has 0 radical (unpaired) electrons. The first-order valence-corrected chi connectivity index (χ1v) is 6.05. The van der Waals surface area contributed by atoms with E-state index in [9.17, 15) is 14.7 Å². The maximum atomic E-state index is 11.7. The fourth-order valence-corrected chi connectivity index (χ4v) is 1.77. The number of carboxylic acid groups (broad SMARTS) is 1. The zero-order valence-electron chi connectivity index (χ0n) is 10.6. The molecule has 2 rings (SSSR count). The van der Waals surface area contributed by atoms with E-state index in [-0.39, 0.29) is 19.0 Å². The molecule has 2 N–H and O–H groups in total. The average molecular weight is 274 g/mol. The summed E-state index contributed by atoms with van der Waals surface area (Å²) in [5, 5.41) is 19.1. The van der Waals surface area contributed by atoms with Crippen LogP contribution in [0.4, 0.5) is 0 Å². The van der Waals surface area contributed by atoms with Crippen molar-refractivity contribution < 1.29 is 14.7 Å². The number of aliphatic carboxylic acids is 1. The summed E-state index contributed by atoms with van der Waals surface area (Å²) in [5.41, 5.74) is 0.654. The minimum absolute atomic E-state index is 0.0150. The van der Waals surface area contributed by atoms with E-state index in [0.29, 0.717) is 5.56 Å². The number of amides is 1. The van der Waals surface area contributed by atoms with Crippen molar-refractivity contribution in [3.63, 3.8) is 0 Å². The van der Waals surface area contributed by atoms with Crippen LogP contribution in [-0.2, 0) is 16.1 Å². The van der Waals surface area contributed by atoms with Crippen molar-refractivity contribution in [1.29, 1.82) is 0 Å². The molecule has 0 aliphatic carbocycles. The van der Waals surface area contributed by atoms with Crippen molar-refractivity contribution in [2.24, 2.45) is 0 Å². The van der Waals surface area contributed by atoms with E-state index in [1.54, 1.807) is 30.5 Å². The van der Waals surface area contributed by atoms with E-state index in [4.69, 9.17) is 0 Å². The molecule has 0 saturated carbocycles. The van der Waals surface area contributed by atoms with Crippen LogP contribution in [0.25, 0.3) is 0 Å². The molecule has 7 nitrogen and oxygen atoms in total. The van der Waals surface area contributed by atoms with Gasteiger partial charge in [-0.3, -0.25) is 9.59 Å². The molecule has 1 aromatic heterocycles. The molecule has 0 aliphatic rings. The standard InChI is InChI=1S/C13H14N4O3/c18-12(9-17-7-6-15-16-17)14-8-11(13(19)20)10-4-2-1-3-5-10/h1-7,11H,8-9H2,(H,14,18)(H,19,20). The summed E-state index contributed by atoms with van der Waals surface area (Å²) in [5.74, 6) is -2.05. The Morgan fingerprint density at radius 2 is 2.05 bits per heavy atom. The van der Waals surface area contributed by atoms with Crippen LogP contribution in [0.2, 0.25) is 0 Å². The van der Waals surface area contributed by atoms with Crippen LogP contribution in [-0.4, -0.2) is 38.5 Å². The third-order valence-corrected chi connectivity index (χ3v) is 2.78. The fourth-order valence-electron chi connectivity index (χ4n) is 1.77. The van der Waals surface area contributed by atoms with Gasteiger partial charge in [-0.1, -0.05) is 35.5 Å². The normalized spacial score (nSPS) is 11.8. The fraction of sp³-hybridized carbons (Fsp3) is 0.231. The van der Waals surface area contributed by atoms with Crippen LogP contribution in [0.1, 0.15) is 11.5 Å². The number of hydrogen-bond donors (Lipinski definition) is 2. The number of carboxylic acids is 1. The van der Waals surface area contributed by atoms with Crippen molar-refractivity contribution in [1.82, 2.24) is 20.3 Å². The molecule has 20 heavy (non-hydrogen) atoms. The quantitative estimate of drug-likeness (QED) is 0.787. The van der Waals surface area contributed by atoms with Gasteiger partial charge in [-0.15, -0.1) is 5.10 Å². The Morgan fingerprint density at radius 1 is 1.30 bits per heavy atom. The average Bonchev–Trinajstić information content (AvgIpc) is 2.92. The summed E-state index contributed by atoms with van der Waals surface area (Å²) in [4.78, 5) is 22.9. The van der Waals surface area contributed by atoms with Crippen LogP contribution in [0.5, 0.6) is 0 Å². The number of rotatable bonds is 6. The lowest BCUT2D eigenvalue weighted by Crippen LogP contribution is -2.34. The van der Waals surface area contributed by atoms with E-state index in [2.05, 4.69) is 15.6 Å². The highest BCUT2D eigenvalue weighted by Crippen LogP contribution is 2.14. The number of benzene rings is 1. The summed E-state index contributed by atoms with van der Waals surface area (Å²) < 4.78 is 1.37. The number of carbonyl (C=O) groups is 2. The Morgan fingerprint density at radius 3 is 2.65 bits per heavy atom. The van der Waals surface area contributed by atoms with Gasteiger partial charge in [0.05, 0.1) is 12.1 Å². The lowest BCUT2D eigenvalue weighted by molar-refractivity contribution is -0.138. The van der Waals surface area contributed by atoms with E-state index >= 15 is 0 Å². The van der Waals surface area contributed by atoms with Gasteiger partial charge < -0.3 is 10.4 Å². The number of nitrogens with one attached hydrogen (secondary N) is 1. The molecule has 0 saturated heterocycles. The van der Waals surface area contributed by atoms with Gasteiger partial charge in [0.25, 0.3) is 0 Å². The molecule has 7 heteroatoms. The van der Waals surface area contributed by atoms with Crippen molar-refractivity contribution >= 4 is 11.9 Å². The van der Waals surface area contributed by atoms with E-state index in [0.717, 1.165) is 0 Å². The molecule has 1 unspecified atom stereocenters. The van der Waals surface area contributed by atoms with Gasteiger partial charge in [-0.25, -0.2) is 4.68 Å². The molecule has 1 heterocycles. The predicted molar refractivity (Wildman–Crippen MR) is 69.9 cm³/mol. The smallest absolute Gasteiger partial charge is 0.312 e. The van der Waals surface area contributed by atoms with Gasteiger partial charge in [0, 0.05) is 12.7 Å². The van der Waals surface area contributed by atoms with Crippen LogP contribution in [0.3, 0.4) is 0 Å². The van der Waals surface area contributed by atoms with Crippen LogP contribution in [0.15, 0.2) is 42.7 Å². The first-order chi connectivity index (χ1) is 9.66.